The molecule has 0 bridgehead atoms. The quantitative estimate of drug-likeness (QED) is 0.363. The Hall–Kier alpha value is -3.84. The normalized spacial score (nSPS) is 10.9. The maximum absolute atomic E-state index is 13.1. The summed E-state index contributed by atoms with van der Waals surface area (Å²) in [4.78, 5) is 19.6. The first-order valence-electron chi connectivity index (χ1n) is 11.4. The van der Waals surface area contributed by atoms with Crippen LogP contribution < -0.4 is 15.0 Å². The highest BCUT2D eigenvalue weighted by atomic mass is 16.5. The van der Waals surface area contributed by atoms with Gasteiger partial charge in [0.1, 0.15) is 23.9 Å². The van der Waals surface area contributed by atoms with Crippen molar-refractivity contribution in [3.05, 3.63) is 84.2 Å². The van der Waals surface area contributed by atoms with Crippen LogP contribution in [0.2, 0.25) is 0 Å². The van der Waals surface area contributed by atoms with Gasteiger partial charge in [0.05, 0.1) is 18.5 Å². The van der Waals surface area contributed by atoms with E-state index >= 15 is 0 Å². The van der Waals surface area contributed by atoms with Gasteiger partial charge in [0.25, 0.3) is 5.91 Å². The summed E-state index contributed by atoms with van der Waals surface area (Å²) in [6.45, 7) is 4.57. The first-order chi connectivity index (χ1) is 16.6. The van der Waals surface area contributed by atoms with Crippen molar-refractivity contribution in [1.29, 1.82) is 0 Å². The zero-order valence-corrected chi connectivity index (χ0v) is 19.8. The van der Waals surface area contributed by atoms with Gasteiger partial charge in [-0.1, -0.05) is 30.3 Å². The van der Waals surface area contributed by atoms with Gasteiger partial charge in [0.2, 0.25) is 0 Å². The van der Waals surface area contributed by atoms with Gasteiger partial charge >= 0.3 is 0 Å². The number of likely N-dealkylation sites (N-methyl/N-ethyl adjacent to an activating group) is 1. The number of benzene rings is 2. The molecule has 2 heterocycles. The highest BCUT2D eigenvalue weighted by Gasteiger charge is 2.16. The number of rotatable bonds is 10. The molecule has 34 heavy (non-hydrogen) atoms. The molecule has 0 saturated heterocycles. The SMILES string of the molecule is CCn1c(C(=O)Nc2ccc(N(C)CCOC)nc2)cc2cc(OCc3ccccc3)ccc21. The van der Waals surface area contributed by atoms with Crippen molar-refractivity contribution in [2.45, 2.75) is 20.1 Å². The molecular weight excluding hydrogens is 428 g/mol. The molecular formula is C27H30N4O3. The standard InChI is InChI=1S/C27H30N4O3/c1-4-31-24-12-11-23(34-19-20-8-6-5-7-9-20)16-21(24)17-25(31)27(32)29-22-10-13-26(28-18-22)30(2)14-15-33-3/h5-13,16-18H,4,14-15,19H2,1-3H3,(H,29,32). The lowest BCUT2D eigenvalue weighted by Gasteiger charge is -2.17. The number of ether oxygens (including phenoxy) is 2. The number of hydrogen-bond acceptors (Lipinski definition) is 5. The maximum atomic E-state index is 13.1. The van der Waals surface area contributed by atoms with Crippen LogP contribution in [0.3, 0.4) is 0 Å². The summed E-state index contributed by atoms with van der Waals surface area (Å²) in [5.41, 5.74) is 3.35. The number of anilines is 2. The van der Waals surface area contributed by atoms with Gasteiger partial charge in [0.15, 0.2) is 0 Å². The monoisotopic (exact) mass is 458 g/mol. The fourth-order valence-electron chi connectivity index (χ4n) is 3.83. The minimum atomic E-state index is -0.174. The second-order valence-electron chi connectivity index (χ2n) is 8.04. The zero-order valence-electron chi connectivity index (χ0n) is 19.8. The molecule has 0 fully saturated rings. The molecule has 0 spiro atoms. The highest BCUT2D eigenvalue weighted by Crippen LogP contribution is 2.26. The van der Waals surface area contributed by atoms with Crippen LogP contribution in [0.4, 0.5) is 11.5 Å². The van der Waals surface area contributed by atoms with Crippen LogP contribution in [-0.2, 0) is 17.9 Å². The molecule has 0 atom stereocenters. The Morgan fingerprint density at radius 1 is 1.09 bits per heavy atom. The van der Waals surface area contributed by atoms with E-state index in [4.69, 9.17) is 9.47 Å². The lowest BCUT2D eigenvalue weighted by molar-refractivity contribution is 0.101. The topological polar surface area (TPSA) is 68.6 Å². The Morgan fingerprint density at radius 3 is 2.62 bits per heavy atom. The number of nitrogens with one attached hydrogen (secondary N) is 1. The van der Waals surface area contributed by atoms with E-state index in [1.807, 2.05) is 90.2 Å². The van der Waals surface area contributed by atoms with Crippen LogP contribution in [0.15, 0.2) is 72.9 Å². The van der Waals surface area contributed by atoms with Crippen LogP contribution >= 0.6 is 0 Å². The van der Waals surface area contributed by atoms with Crippen molar-refractivity contribution in [3.63, 3.8) is 0 Å². The molecule has 0 aliphatic rings. The third-order valence-electron chi connectivity index (χ3n) is 5.70. The summed E-state index contributed by atoms with van der Waals surface area (Å²) in [6.07, 6.45) is 1.67. The van der Waals surface area contributed by atoms with E-state index < -0.39 is 0 Å². The van der Waals surface area contributed by atoms with Gasteiger partial charge in [-0.15, -0.1) is 0 Å². The number of carbonyl (C=O) groups excluding carboxylic acids is 1. The maximum Gasteiger partial charge on any atom is 0.272 e. The van der Waals surface area contributed by atoms with Gasteiger partial charge in [-0.05, 0) is 48.9 Å². The van der Waals surface area contributed by atoms with E-state index in [0.29, 0.717) is 31.1 Å². The molecule has 0 aliphatic heterocycles. The van der Waals surface area contributed by atoms with Gasteiger partial charge in [-0.25, -0.2) is 4.98 Å². The Labute approximate surface area is 199 Å². The second kappa shape index (κ2) is 10.9. The summed E-state index contributed by atoms with van der Waals surface area (Å²) in [7, 11) is 3.63. The van der Waals surface area contributed by atoms with Crippen LogP contribution in [0.25, 0.3) is 10.9 Å². The molecule has 1 amide bonds. The van der Waals surface area contributed by atoms with Crippen LogP contribution in [0.5, 0.6) is 5.75 Å². The number of carbonyl (C=O) groups is 1. The minimum absolute atomic E-state index is 0.174. The molecule has 2 aromatic carbocycles. The fourth-order valence-corrected chi connectivity index (χ4v) is 3.83. The first kappa shape index (κ1) is 23.3. The lowest BCUT2D eigenvalue weighted by Crippen LogP contribution is -2.23. The van der Waals surface area contributed by atoms with Crippen molar-refractivity contribution in [2.75, 3.05) is 37.5 Å². The molecule has 2 aromatic heterocycles. The summed E-state index contributed by atoms with van der Waals surface area (Å²) >= 11 is 0. The van der Waals surface area contributed by atoms with Crippen LogP contribution in [0.1, 0.15) is 23.0 Å². The third-order valence-corrected chi connectivity index (χ3v) is 5.70. The number of methoxy groups -OCH3 is 1. The number of amides is 1. The zero-order chi connectivity index (χ0) is 23.9. The number of hydrogen-bond donors (Lipinski definition) is 1. The lowest BCUT2D eigenvalue weighted by atomic mass is 10.2. The van der Waals surface area contributed by atoms with Gasteiger partial charge < -0.3 is 24.3 Å². The second-order valence-corrected chi connectivity index (χ2v) is 8.04. The Morgan fingerprint density at radius 2 is 1.91 bits per heavy atom. The van der Waals surface area contributed by atoms with Gasteiger partial charge in [-0.2, -0.15) is 0 Å². The molecule has 7 nitrogen and oxygen atoms in total. The molecule has 176 valence electrons. The van der Waals surface area contributed by atoms with Gasteiger partial charge in [-0.3, -0.25) is 4.79 Å². The number of aromatic nitrogens is 2. The van der Waals surface area contributed by atoms with E-state index in [-0.39, 0.29) is 5.91 Å². The number of nitrogens with zero attached hydrogens (tertiary/aromatic N) is 3. The van der Waals surface area contributed by atoms with Crippen LogP contribution in [-0.4, -0.2) is 42.8 Å². The molecule has 0 aliphatic carbocycles. The molecule has 1 N–H and O–H groups in total. The van der Waals surface area contributed by atoms with Crippen LogP contribution in [0, 0.1) is 0 Å². The Bertz CT molecular complexity index is 1240. The number of fused-ring (bicyclic) bond motifs is 1. The Kier molecular flexibility index (Phi) is 7.44. The summed E-state index contributed by atoms with van der Waals surface area (Å²) in [5, 5.41) is 3.93. The van der Waals surface area contributed by atoms with E-state index in [1.54, 1.807) is 13.3 Å². The smallest absolute Gasteiger partial charge is 0.272 e. The predicted octanol–water partition coefficient (Wildman–Crippen LogP) is 4.97. The predicted molar refractivity (Wildman–Crippen MR) is 136 cm³/mol. The number of aryl methyl sites for hydroxylation is 1. The average molecular weight is 459 g/mol. The molecule has 0 unspecified atom stereocenters. The van der Waals surface area contributed by atoms with E-state index in [1.165, 1.54) is 0 Å². The van der Waals surface area contributed by atoms with Gasteiger partial charge in [0, 0.05) is 38.1 Å². The summed E-state index contributed by atoms with van der Waals surface area (Å²) in [5.74, 6) is 1.42. The number of pyridine rings is 1. The summed E-state index contributed by atoms with van der Waals surface area (Å²) < 4.78 is 13.1. The molecule has 0 radical (unpaired) electrons. The molecule has 4 rings (SSSR count). The molecule has 0 saturated carbocycles. The Balaban J connectivity index is 1.48. The van der Waals surface area contributed by atoms with Crippen molar-refractivity contribution in [1.82, 2.24) is 9.55 Å². The molecule has 4 aromatic rings. The average Bonchev–Trinajstić information content (AvgIpc) is 3.25. The van der Waals surface area contributed by atoms with E-state index in [9.17, 15) is 4.79 Å². The van der Waals surface area contributed by atoms with Crippen molar-refractivity contribution < 1.29 is 14.3 Å². The first-order valence-corrected chi connectivity index (χ1v) is 11.4. The highest BCUT2D eigenvalue weighted by molar-refractivity contribution is 6.06. The minimum Gasteiger partial charge on any atom is -0.489 e. The third kappa shape index (κ3) is 5.38. The fraction of sp³-hybridized carbons (Fsp3) is 0.259. The van der Waals surface area contributed by atoms with Crippen molar-refractivity contribution in [2.24, 2.45) is 0 Å². The van der Waals surface area contributed by atoms with E-state index in [2.05, 4.69) is 10.3 Å². The summed E-state index contributed by atoms with van der Waals surface area (Å²) in [6, 6.07) is 21.6. The van der Waals surface area contributed by atoms with Crippen molar-refractivity contribution >= 4 is 28.3 Å². The van der Waals surface area contributed by atoms with E-state index in [0.717, 1.165) is 34.6 Å². The molecule has 7 heteroatoms. The van der Waals surface area contributed by atoms with Crippen molar-refractivity contribution in [3.8, 4) is 5.75 Å². The largest absolute Gasteiger partial charge is 0.489 e.